The van der Waals surface area contributed by atoms with Gasteiger partial charge in [0.15, 0.2) is 5.11 Å². The summed E-state index contributed by atoms with van der Waals surface area (Å²) in [6.07, 6.45) is 7.49. The average Bonchev–Trinajstić information content (AvgIpc) is 2.48. The van der Waals surface area contributed by atoms with Crippen LogP contribution in [0.2, 0.25) is 0 Å². The molecule has 0 amide bonds. The van der Waals surface area contributed by atoms with Crippen molar-refractivity contribution in [1.29, 1.82) is 0 Å². The molecule has 0 saturated carbocycles. The number of benzene rings is 1. The standard InChI is InChI=1S/C19H32N2S/c1-5-7-9-13-21(14-10-8-6-2)19(22)20-18-12-11-16(3)15-17(18)4/h11-12,15H,5-10,13-14H2,1-4H3,(H,20,22). The van der Waals surface area contributed by atoms with E-state index in [1.807, 2.05) is 0 Å². The first kappa shape index (κ1) is 19.0. The van der Waals surface area contributed by atoms with Gasteiger partial charge >= 0.3 is 0 Å². The van der Waals surface area contributed by atoms with Gasteiger partial charge in [-0.05, 0) is 50.5 Å². The smallest absolute Gasteiger partial charge is 0.173 e. The number of hydrogen-bond acceptors (Lipinski definition) is 1. The van der Waals surface area contributed by atoms with E-state index in [0.717, 1.165) is 23.9 Å². The Labute approximate surface area is 142 Å². The molecule has 0 bridgehead atoms. The maximum Gasteiger partial charge on any atom is 0.173 e. The third kappa shape index (κ3) is 6.78. The predicted molar refractivity (Wildman–Crippen MR) is 103 cm³/mol. The molecule has 1 N–H and O–H groups in total. The van der Waals surface area contributed by atoms with Crippen LogP contribution in [0.25, 0.3) is 0 Å². The molecule has 0 heterocycles. The van der Waals surface area contributed by atoms with E-state index in [2.05, 4.69) is 56.1 Å². The Bertz CT molecular complexity index is 447. The molecule has 0 aliphatic carbocycles. The minimum Gasteiger partial charge on any atom is -0.349 e. The summed E-state index contributed by atoms with van der Waals surface area (Å²) in [5, 5.41) is 4.32. The summed E-state index contributed by atoms with van der Waals surface area (Å²) in [5.74, 6) is 0. The Hall–Kier alpha value is -1.09. The van der Waals surface area contributed by atoms with Crippen LogP contribution >= 0.6 is 12.2 Å². The quantitative estimate of drug-likeness (QED) is 0.465. The van der Waals surface area contributed by atoms with E-state index >= 15 is 0 Å². The second-order valence-electron chi connectivity index (χ2n) is 6.15. The summed E-state index contributed by atoms with van der Waals surface area (Å²) in [5.41, 5.74) is 3.67. The van der Waals surface area contributed by atoms with Gasteiger partial charge in [-0.1, -0.05) is 57.2 Å². The van der Waals surface area contributed by atoms with Crippen molar-refractivity contribution in [3.63, 3.8) is 0 Å². The van der Waals surface area contributed by atoms with Crippen molar-refractivity contribution in [2.45, 2.75) is 66.2 Å². The molecule has 0 aliphatic heterocycles. The SMILES string of the molecule is CCCCCN(CCCCC)C(=S)Nc1ccc(C)cc1C. The van der Waals surface area contributed by atoms with E-state index in [9.17, 15) is 0 Å². The molecule has 0 spiro atoms. The normalized spacial score (nSPS) is 10.5. The Morgan fingerprint density at radius 2 is 1.59 bits per heavy atom. The summed E-state index contributed by atoms with van der Waals surface area (Å²) >= 11 is 5.66. The number of anilines is 1. The number of rotatable bonds is 9. The lowest BCUT2D eigenvalue weighted by Crippen LogP contribution is -2.36. The van der Waals surface area contributed by atoms with Crippen LogP contribution in [-0.4, -0.2) is 23.1 Å². The number of aryl methyl sites for hydroxylation is 2. The zero-order valence-electron chi connectivity index (χ0n) is 14.7. The van der Waals surface area contributed by atoms with Crippen LogP contribution in [0.4, 0.5) is 5.69 Å². The van der Waals surface area contributed by atoms with Crippen LogP contribution in [0, 0.1) is 13.8 Å². The van der Waals surface area contributed by atoms with E-state index in [0.29, 0.717) is 0 Å². The largest absolute Gasteiger partial charge is 0.349 e. The third-order valence-corrected chi connectivity index (χ3v) is 4.33. The molecule has 1 aromatic carbocycles. The van der Waals surface area contributed by atoms with Crippen LogP contribution in [0.1, 0.15) is 63.5 Å². The Kier molecular flexibility index (Phi) is 9.14. The first-order chi connectivity index (χ1) is 10.6. The zero-order valence-corrected chi connectivity index (χ0v) is 15.6. The van der Waals surface area contributed by atoms with E-state index in [1.165, 1.54) is 49.7 Å². The number of nitrogens with one attached hydrogen (secondary N) is 1. The van der Waals surface area contributed by atoms with E-state index in [-0.39, 0.29) is 0 Å². The molecule has 2 nitrogen and oxygen atoms in total. The fraction of sp³-hybridized carbons (Fsp3) is 0.632. The lowest BCUT2D eigenvalue weighted by atomic mass is 10.1. The monoisotopic (exact) mass is 320 g/mol. The topological polar surface area (TPSA) is 15.3 Å². The van der Waals surface area contributed by atoms with Gasteiger partial charge in [-0.15, -0.1) is 0 Å². The molecular formula is C19H32N2S. The zero-order chi connectivity index (χ0) is 16.4. The van der Waals surface area contributed by atoms with Crippen LogP contribution in [0.5, 0.6) is 0 Å². The maximum atomic E-state index is 5.66. The van der Waals surface area contributed by atoms with Crippen molar-refractivity contribution < 1.29 is 0 Å². The second kappa shape index (κ2) is 10.6. The van der Waals surface area contributed by atoms with Gasteiger partial charge in [0.25, 0.3) is 0 Å². The molecule has 0 aliphatic rings. The van der Waals surface area contributed by atoms with E-state index < -0.39 is 0 Å². The number of thiocarbonyl (C=S) groups is 1. The van der Waals surface area contributed by atoms with Gasteiger partial charge in [-0.25, -0.2) is 0 Å². The van der Waals surface area contributed by atoms with Gasteiger partial charge < -0.3 is 10.2 Å². The summed E-state index contributed by atoms with van der Waals surface area (Å²) in [4.78, 5) is 2.35. The molecule has 0 fully saturated rings. The molecule has 0 unspecified atom stereocenters. The molecule has 3 heteroatoms. The predicted octanol–water partition coefficient (Wildman–Crippen LogP) is 5.68. The number of nitrogens with zero attached hydrogens (tertiary/aromatic N) is 1. The summed E-state index contributed by atoms with van der Waals surface area (Å²) in [6.45, 7) is 10.9. The fourth-order valence-corrected chi connectivity index (χ4v) is 2.86. The van der Waals surface area contributed by atoms with E-state index in [4.69, 9.17) is 12.2 Å². The van der Waals surface area contributed by atoms with Gasteiger partial charge in [0.2, 0.25) is 0 Å². The molecule has 124 valence electrons. The maximum absolute atomic E-state index is 5.66. The molecule has 0 radical (unpaired) electrons. The molecule has 1 aromatic rings. The highest BCUT2D eigenvalue weighted by Gasteiger charge is 2.10. The Morgan fingerprint density at radius 1 is 1.00 bits per heavy atom. The van der Waals surface area contributed by atoms with Gasteiger partial charge in [0.05, 0.1) is 0 Å². The minimum atomic E-state index is 0.874. The summed E-state index contributed by atoms with van der Waals surface area (Å²) in [7, 11) is 0. The van der Waals surface area contributed by atoms with E-state index in [1.54, 1.807) is 0 Å². The first-order valence-corrected chi connectivity index (χ1v) is 9.12. The van der Waals surface area contributed by atoms with Crippen molar-refractivity contribution in [1.82, 2.24) is 4.90 Å². The highest BCUT2D eigenvalue weighted by molar-refractivity contribution is 7.80. The highest BCUT2D eigenvalue weighted by atomic mass is 32.1. The third-order valence-electron chi connectivity index (χ3n) is 3.97. The van der Waals surface area contributed by atoms with Gasteiger partial charge in [-0.2, -0.15) is 0 Å². The Balaban J connectivity index is 2.63. The lowest BCUT2D eigenvalue weighted by molar-refractivity contribution is 0.395. The second-order valence-corrected chi connectivity index (χ2v) is 6.54. The van der Waals surface area contributed by atoms with Crippen LogP contribution in [-0.2, 0) is 0 Å². The van der Waals surface area contributed by atoms with Crippen molar-refractivity contribution >= 4 is 23.0 Å². The summed E-state index contributed by atoms with van der Waals surface area (Å²) < 4.78 is 0. The van der Waals surface area contributed by atoms with Crippen LogP contribution < -0.4 is 5.32 Å². The van der Waals surface area contributed by atoms with Crippen LogP contribution in [0.15, 0.2) is 18.2 Å². The molecule has 0 aromatic heterocycles. The minimum absolute atomic E-state index is 0.874. The van der Waals surface area contributed by atoms with Crippen LogP contribution in [0.3, 0.4) is 0 Å². The average molecular weight is 321 g/mol. The fourth-order valence-electron chi connectivity index (χ4n) is 2.57. The van der Waals surface area contributed by atoms with Crippen molar-refractivity contribution in [3.8, 4) is 0 Å². The molecule has 22 heavy (non-hydrogen) atoms. The van der Waals surface area contributed by atoms with Crippen molar-refractivity contribution in [2.24, 2.45) is 0 Å². The number of hydrogen-bond donors (Lipinski definition) is 1. The summed E-state index contributed by atoms with van der Waals surface area (Å²) in [6, 6.07) is 6.47. The number of unbranched alkanes of at least 4 members (excludes halogenated alkanes) is 4. The van der Waals surface area contributed by atoms with Crippen molar-refractivity contribution in [3.05, 3.63) is 29.3 Å². The molecule has 0 atom stereocenters. The highest BCUT2D eigenvalue weighted by Crippen LogP contribution is 2.17. The van der Waals surface area contributed by atoms with Gasteiger partial charge in [-0.3, -0.25) is 0 Å². The lowest BCUT2D eigenvalue weighted by Gasteiger charge is -2.26. The molecule has 1 rings (SSSR count). The Morgan fingerprint density at radius 3 is 2.09 bits per heavy atom. The van der Waals surface area contributed by atoms with Gasteiger partial charge in [0.1, 0.15) is 0 Å². The van der Waals surface area contributed by atoms with Gasteiger partial charge in [0, 0.05) is 18.8 Å². The molecule has 0 saturated heterocycles. The van der Waals surface area contributed by atoms with Crippen molar-refractivity contribution in [2.75, 3.05) is 18.4 Å². The molecular weight excluding hydrogens is 288 g/mol. The first-order valence-electron chi connectivity index (χ1n) is 8.71.